The number of benzene rings is 2. The summed E-state index contributed by atoms with van der Waals surface area (Å²) in [4.78, 5) is 0. The first-order chi connectivity index (χ1) is 10.7. The van der Waals surface area contributed by atoms with Crippen LogP contribution in [0.4, 0.5) is 0 Å². The van der Waals surface area contributed by atoms with Crippen LogP contribution in [0.2, 0.25) is 0 Å². The van der Waals surface area contributed by atoms with E-state index >= 15 is 0 Å². The van der Waals surface area contributed by atoms with Gasteiger partial charge in [-0.15, -0.1) is 12.4 Å². The normalized spacial score (nSPS) is 11.5. The Balaban J connectivity index is 0.00000192. The van der Waals surface area contributed by atoms with Crippen molar-refractivity contribution in [2.45, 2.75) is 12.6 Å². The van der Waals surface area contributed by atoms with E-state index in [9.17, 15) is 5.11 Å². The van der Waals surface area contributed by atoms with E-state index in [1.807, 2.05) is 59.3 Å². The van der Waals surface area contributed by atoms with Crippen molar-refractivity contribution in [3.63, 3.8) is 0 Å². The quantitative estimate of drug-likeness (QED) is 0.714. The van der Waals surface area contributed by atoms with Crippen LogP contribution < -0.4 is 10.5 Å². The number of aromatic hydroxyl groups is 1. The molecule has 0 unspecified atom stereocenters. The van der Waals surface area contributed by atoms with Crippen molar-refractivity contribution < 1.29 is 9.84 Å². The summed E-state index contributed by atoms with van der Waals surface area (Å²) in [6, 6.07) is 16.8. The number of rotatable bonds is 5. The molecule has 0 amide bonds. The van der Waals surface area contributed by atoms with Crippen LogP contribution in [0.5, 0.6) is 11.5 Å². The highest BCUT2D eigenvalue weighted by Gasteiger charge is 2.14. The first-order valence-corrected chi connectivity index (χ1v) is 7.95. The fourth-order valence-corrected chi connectivity index (χ4v) is 2.95. The zero-order chi connectivity index (χ0) is 15.4. The number of hydrogen-bond donors (Lipinski definition) is 2. The van der Waals surface area contributed by atoms with Crippen LogP contribution in [0.15, 0.2) is 65.4 Å². The van der Waals surface area contributed by atoms with E-state index in [1.54, 1.807) is 17.4 Å². The molecule has 0 spiro atoms. The van der Waals surface area contributed by atoms with Crippen molar-refractivity contribution in [1.29, 1.82) is 0 Å². The zero-order valence-electron chi connectivity index (χ0n) is 12.4. The molecule has 1 heterocycles. The molecule has 23 heavy (non-hydrogen) atoms. The van der Waals surface area contributed by atoms with Crippen molar-refractivity contribution in [3.8, 4) is 11.5 Å². The molecule has 1 aromatic heterocycles. The first-order valence-electron chi connectivity index (χ1n) is 7.01. The van der Waals surface area contributed by atoms with Crippen LogP contribution in [-0.2, 0) is 6.61 Å². The maximum Gasteiger partial charge on any atom is 0.124 e. The summed E-state index contributed by atoms with van der Waals surface area (Å²) >= 11 is 1.59. The number of halogens is 1. The number of phenols is 1. The second-order valence-corrected chi connectivity index (χ2v) is 5.81. The van der Waals surface area contributed by atoms with E-state index < -0.39 is 0 Å². The monoisotopic (exact) mass is 347 g/mol. The summed E-state index contributed by atoms with van der Waals surface area (Å²) in [6.07, 6.45) is 0. The van der Waals surface area contributed by atoms with Crippen LogP contribution in [-0.4, -0.2) is 5.11 Å². The molecule has 3 aromatic rings. The SMILES string of the molecule is Cl.N[C@H](c1ccsc1)c1ccc(OCc2ccccc2)cc1O. The van der Waals surface area contributed by atoms with Gasteiger partial charge in [0.15, 0.2) is 0 Å². The third kappa shape index (κ3) is 4.26. The van der Waals surface area contributed by atoms with Gasteiger partial charge < -0.3 is 15.6 Å². The minimum Gasteiger partial charge on any atom is -0.507 e. The second kappa shape index (κ2) is 8.02. The first kappa shape index (κ1) is 17.3. The summed E-state index contributed by atoms with van der Waals surface area (Å²) in [5, 5.41) is 14.2. The molecule has 0 saturated heterocycles. The van der Waals surface area contributed by atoms with Crippen LogP contribution in [0.3, 0.4) is 0 Å². The lowest BCUT2D eigenvalue weighted by molar-refractivity contribution is 0.304. The molecule has 0 fully saturated rings. The molecule has 5 heteroatoms. The van der Waals surface area contributed by atoms with Gasteiger partial charge in [-0.05, 0) is 40.1 Å². The summed E-state index contributed by atoms with van der Waals surface area (Å²) in [5.41, 5.74) is 8.96. The molecular weight excluding hydrogens is 330 g/mol. The number of ether oxygens (including phenoxy) is 1. The third-order valence-electron chi connectivity index (χ3n) is 3.49. The van der Waals surface area contributed by atoms with Gasteiger partial charge in [-0.2, -0.15) is 11.3 Å². The van der Waals surface area contributed by atoms with Crippen LogP contribution >= 0.6 is 23.7 Å². The Hall–Kier alpha value is -2.01. The second-order valence-electron chi connectivity index (χ2n) is 5.03. The molecule has 0 saturated carbocycles. The van der Waals surface area contributed by atoms with Gasteiger partial charge >= 0.3 is 0 Å². The van der Waals surface area contributed by atoms with E-state index in [0.717, 1.165) is 11.1 Å². The largest absolute Gasteiger partial charge is 0.507 e. The van der Waals surface area contributed by atoms with Gasteiger partial charge in [-0.3, -0.25) is 0 Å². The van der Waals surface area contributed by atoms with Crippen LogP contribution in [0.1, 0.15) is 22.7 Å². The Morgan fingerprint density at radius 2 is 1.87 bits per heavy atom. The van der Waals surface area contributed by atoms with Crippen LogP contribution in [0.25, 0.3) is 0 Å². The van der Waals surface area contributed by atoms with Crippen molar-refractivity contribution in [2.75, 3.05) is 0 Å². The van der Waals surface area contributed by atoms with Gasteiger partial charge in [0.05, 0.1) is 6.04 Å². The standard InChI is InChI=1S/C18H17NO2S.ClH/c19-18(14-8-9-22-12-14)16-7-6-15(10-17(16)20)21-11-13-4-2-1-3-5-13;/h1-10,12,18,20H,11,19H2;1H/t18-;/m1./s1. The highest BCUT2D eigenvalue weighted by Crippen LogP contribution is 2.31. The van der Waals surface area contributed by atoms with Gasteiger partial charge in [0.1, 0.15) is 18.1 Å². The van der Waals surface area contributed by atoms with Gasteiger partial charge in [0.2, 0.25) is 0 Å². The molecule has 2 aromatic carbocycles. The topological polar surface area (TPSA) is 55.5 Å². The van der Waals surface area contributed by atoms with E-state index in [-0.39, 0.29) is 24.2 Å². The number of phenolic OH excluding ortho intramolecular Hbond substituents is 1. The van der Waals surface area contributed by atoms with Crippen molar-refractivity contribution in [3.05, 3.63) is 82.0 Å². The summed E-state index contributed by atoms with van der Waals surface area (Å²) in [7, 11) is 0. The molecule has 1 atom stereocenters. The molecule has 0 bridgehead atoms. The maximum atomic E-state index is 10.2. The average Bonchev–Trinajstić information content (AvgIpc) is 3.08. The Bertz CT molecular complexity index is 732. The minimum atomic E-state index is -0.325. The lowest BCUT2D eigenvalue weighted by atomic mass is 10.0. The Labute approximate surface area is 145 Å². The van der Waals surface area contributed by atoms with Crippen molar-refractivity contribution >= 4 is 23.7 Å². The van der Waals surface area contributed by atoms with Gasteiger partial charge in [0.25, 0.3) is 0 Å². The van der Waals surface area contributed by atoms with E-state index in [4.69, 9.17) is 10.5 Å². The molecular formula is C18H18ClNO2S. The smallest absolute Gasteiger partial charge is 0.124 e. The Morgan fingerprint density at radius 3 is 2.52 bits per heavy atom. The minimum absolute atomic E-state index is 0. The van der Waals surface area contributed by atoms with Gasteiger partial charge in [-0.25, -0.2) is 0 Å². The summed E-state index contributed by atoms with van der Waals surface area (Å²) in [6.45, 7) is 0.468. The number of thiophene rings is 1. The number of nitrogens with two attached hydrogens (primary N) is 1. The number of hydrogen-bond acceptors (Lipinski definition) is 4. The molecule has 120 valence electrons. The van der Waals surface area contributed by atoms with E-state index in [0.29, 0.717) is 17.9 Å². The molecule has 3 rings (SSSR count). The summed E-state index contributed by atoms with van der Waals surface area (Å²) < 4.78 is 5.70. The van der Waals surface area contributed by atoms with E-state index in [1.165, 1.54) is 0 Å². The van der Waals surface area contributed by atoms with Gasteiger partial charge in [-0.1, -0.05) is 30.3 Å². The highest BCUT2D eigenvalue weighted by atomic mass is 35.5. The zero-order valence-corrected chi connectivity index (χ0v) is 14.0. The molecule has 0 radical (unpaired) electrons. The fraction of sp³-hybridized carbons (Fsp3) is 0.111. The van der Waals surface area contributed by atoms with Crippen molar-refractivity contribution in [2.24, 2.45) is 5.73 Å². The predicted octanol–water partition coefficient (Wildman–Crippen LogP) is 4.50. The third-order valence-corrected chi connectivity index (χ3v) is 4.19. The molecule has 3 nitrogen and oxygen atoms in total. The molecule has 0 aliphatic carbocycles. The lowest BCUT2D eigenvalue weighted by Crippen LogP contribution is -2.11. The van der Waals surface area contributed by atoms with E-state index in [2.05, 4.69) is 0 Å². The highest BCUT2D eigenvalue weighted by molar-refractivity contribution is 7.08. The molecule has 0 aliphatic rings. The summed E-state index contributed by atoms with van der Waals surface area (Å²) in [5.74, 6) is 0.784. The Kier molecular flexibility index (Phi) is 6.04. The van der Waals surface area contributed by atoms with Gasteiger partial charge in [0, 0.05) is 11.6 Å². The Morgan fingerprint density at radius 1 is 1.09 bits per heavy atom. The lowest BCUT2D eigenvalue weighted by Gasteiger charge is -2.14. The average molecular weight is 348 g/mol. The maximum absolute atomic E-state index is 10.2. The predicted molar refractivity (Wildman–Crippen MR) is 96.5 cm³/mol. The molecule has 0 aliphatic heterocycles. The fourth-order valence-electron chi connectivity index (χ4n) is 2.25. The molecule has 3 N–H and O–H groups in total. The van der Waals surface area contributed by atoms with Crippen LogP contribution in [0, 0.1) is 0 Å². The van der Waals surface area contributed by atoms with Crippen molar-refractivity contribution in [1.82, 2.24) is 0 Å².